The summed E-state index contributed by atoms with van der Waals surface area (Å²) in [7, 11) is 0. The molecule has 2 aromatic rings. The first-order valence-electron chi connectivity index (χ1n) is 8.59. The van der Waals surface area contributed by atoms with Gasteiger partial charge in [-0.1, -0.05) is 48.5 Å². The lowest BCUT2D eigenvalue weighted by Crippen LogP contribution is -2.51. The molecule has 2 aromatic carbocycles. The van der Waals surface area contributed by atoms with Crippen LogP contribution in [0.4, 0.5) is 5.69 Å². The number of aliphatic carboxylic acids is 1. The van der Waals surface area contributed by atoms with Crippen LogP contribution in [0.2, 0.25) is 0 Å². The zero-order valence-corrected chi connectivity index (χ0v) is 14.5. The molecule has 1 amide bonds. The minimum Gasteiger partial charge on any atom is -0.480 e. The fourth-order valence-electron chi connectivity index (χ4n) is 3.05. The van der Waals surface area contributed by atoms with E-state index in [0.717, 1.165) is 13.1 Å². The molecule has 0 saturated carbocycles. The van der Waals surface area contributed by atoms with E-state index < -0.39 is 12.1 Å². The van der Waals surface area contributed by atoms with Crippen molar-refractivity contribution >= 4 is 17.6 Å². The summed E-state index contributed by atoms with van der Waals surface area (Å²) >= 11 is 0. The second-order valence-corrected chi connectivity index (χ2v) is 6.23. The molecule has 6 nitrogen and oxygen atoms in total. The van der Waals surface area contributed by atoms with E-state index in [1.807, 2.05) is 36.4 Å². The SMILES string of the molecule is O=C(O)CN(C(=O)C1CN(Cc2ccccc2)CCO1)c1ccccc1. The molecular weight excluding hydrogens is 332 g/mol. The number of ether oxygens (including phenoxy) is 1. The Morgan fingerprint density at radius 3 is 2.38 bits per heavy atom. The third-order valence-electron chi connectivity index (χ3n) is 4.30. The van der Waals surface area contributed by atoms with Crippen LogP contribution >= 0.6 is 0 Å². The van der Waals surface area contributed by atoms with Crippen molar-refractivity contribution in [3.05, 3.63) is 66.2 Å². The van der Waals surface area contributed by atoms with Gasteiger partial charge in [-0.2, -0.15) is 0 Å². The number of carbonyl (C=O) groups is 2. The zero-order chi connectivity index (χ0) is 18.4. The van der Waals surface area contributed by atoms with Gasteiger partial charge < -0.3 is 9.84 Å². The number of carboxylic acids is 1. The summed E-state index contributed by atoms with van der Waals surface area (Å²) in [6.07, 6.45) is -0.674. The summed E-state index contributed by atoms with van der Waals surface area (Å²) in [5.41, 5.74) is 1.73. The number of hydrogen-bond donors (Lipinski definition) is 1. The maximum atomic E-state index is 12.9. The molecule has 0 aliphatic carbocycles. The highest BCUT2D eigenvalue weighted by atomic mass is 16.5. The molecule has 0 aromatic heterocycles. The molecule has 26 heavy (non-hydrogen) atoms. The van der Waals surface area contributed by atoms with E-state index in [-0.39, 0.29) is 12.5 Å². The standard InChI is InChI=1S/C20H22N2O4/c23-19(24)15-22(17-9-5-2-6-10-17)20(25)18-14-21(11-12-26-18)13-16-7-3-1-4-8-16/h1-10,18H,11-15H2,(H,23,24). The highest BCUT2D eigenvalue weighted by Crippen LogP contribution is 2.18. The molecule has 136 valence electrons. The van der Waals surface area contributed by atoms with Crippen molar-refractivity contribution in [3.63, 3.8) is 0 Å². The lowest BCUT2D eigenvalue weighted by atomic mass is 10.1. The molecule has 0 radical (unpaired) electrons. The maximum Gasteiger partial charge on any atom is 0.323 e. The molecule has 1 fully saturated rings. The number of carboxylic acid groups (broad SMARTS) is 1. The number of para-hydroxylation sites is 1. The number of amides is 1. The van der Waals surface area contributed by atoms with Crippen LogP contribution < -0.4 is 4.90 Å². The van der Waals surface area contributed by atoms with Gasteiger partial charge in [0.15, 0.2) is 0 Å². The summed E-state index contributed by atoms with van der Waals surface area (Å²) in [6.45, 7) is 1.97. The number of anilines is 1. The Bertz CT molecular complexity index is 736. The molecule has 0 spiro atoms. The van der Waals surface area contributed by atoms with Crippen molar-refractivity contribution in [2.45, 2.75) is 12.6 Å². The second-order valence-electron chi connectivity index (χ2n) is 6.23. The molecule has 6 heteroatoms. The predicted molar refractivity (Wildman–Crippen MR) is 97.9 cm³/mol. The van der Waals surface area contributed by atoms with E-state index in [9.17, 15) is 14.7 Å². The monoisotopic (exact) mass is 354 g/mol. The Labute approximate surface area is 152 Å². The van der Waals surface area contributed by atoms with Gasteiger partial charge in [-0.05, 0) is 17.7 Å². The van der Waals surface area contributed by atoms with Gasteiger partial charge in [0.1, 0.15) is 12.6 Å². The van der Waals surface area contributed by atoms with Crippen LogP contribution in [0.3, 0.4) is 0 Å². The van der Waals surface area contributed by atoms with Gasteiger partial charge in [-0.15, -0.1) is 0 Å². The van der Waals surface area contributed by atoms with Gasteiger partial charge in [0, 0.05) is 25.3 Å². The van der Waals surface area contributed by atoms with Gasteiger partial charge in [-0.3, -0.25) is 19.4 Å². The summed E-state index contributed by atoms with van der Waals surface area (Å²) in [4.78, 5) is 27.6. The number of rotatable bonds is 6. The van der Waals surface area contributed by atoms with Gasteiger partial charge in [0.05, 0.1) is 6.61 Å². The molecule has 1 aliphatic rings. The van der Waals surface area contributed by atoms with Gasteiger partial charge in [0.2, 0.25) is 0 Å². The number of nitrogens with zero attached hydrogens (tertiary/aromatic N) is 2. The third-order valence-corrected chi connectivity index (χ3v) is 4.30. The van der Waals surface area contributed by atoms with Crippen molar-refractivity contribution in [3.8, 4) is 0 Å². The molecule has 1 unspecified atom stereocenters. The van der Waals surface area contributed by atoms with Crippen LogP contribution in [-0.4, -0.2) is 54.2 Å². The van der Waals surface area contributed by atoms with E-state index in [4.69, 9.17) is 4.74 Å². The minimum atomic E-state index is -1.06. The lowest BCUT2D eigenvalue weighted by Gasteiger charge is -2.34. The first-order chi connectivity index (χ1) is 12.6. The first-order valence-corrected chi connectivity index (χ1v) is 8.59. The molecule has 1 heterocycles. The van der Waals surface area contributed by atoms with E-state index in [2.05, 4.69) is 4.90 Å². The summed E-state index contributed by atoms with van der Waals surface area (Å²) in [5.74, 6) is -1.38. The quantitative estimate of drug-likeness (QED) is 0.859. The normalized spacial score (nSPS) is 17.6. The smallest absolute Gasteiger partial charge is 0.323 e. The van der Waals surface area contributed by atoms with Crippen LogP contribution in [0, 0.1) is 0 Å². The van der Waals surface area contributed by atoms with Crippen molar-refractivity contribution in [2.75, 3.05) is 31.1 Å². The Balaban J connectivity index is 1.71. The Morgan fingerprint density at radius 2 is 1.73 bits per heavy atom. The van der Waals surface area contributed by atoms with E-state index in [1.165, 1.54) is 10.5 Å². The zero-order valence-electron chi connectivity index (χ0n) is 14.5. The number of carbonyl (C=O) groups excluding carboxylic acids is 1. The van der Waals surface area contributed by atoms with Gasteiger partial charge in [-0.25, -0.2) is 0 Å². The number of hydrogen-bond acceptors (Lipinski definition) is 4. The molecule has 1 atom stereocenters. The summed E-state index contributed by atoms with van der Waals surface area (Å²) < 4.78 is 5.67. The number of morpholine rings is 1. The van der Waals surface area contributed by atoms with Crippen LogP contribution in [0.1, 0.15) is 5.56 Å². The average molecular weight is 354 g/mol. The van der Waals surface area contributed by atoms with E-state index in [0.29, 0.717) is 18.8 Å². The van der Waals surface area contributed by atoms with Crippen molar-refractivity contribution in [2.24, 2.45) is 0 Å². The van der Waals surface area contributed by atoms with Crippen LogP contribution in [-0.2, 0) is 20.9 Å². The van der Waals surface area contributed by atoms with Crippen molar-refractivity contribution in [1.82, 2.24) is 4.90 Å². The van der Waals surface area contributed by atoms with Gasteiger partial charge in [0.25, 0.3) is 5.91 Å². The fraction of sp³-hybridized carbons (Fsp3) is 0.300. The van der Waals surface area contributed by atoms with Crippen molar-refractivity contribution < 1.29 is 19.4 Å². The van der Waals surface area contributed by atoms with E-state index in [1.54, 1.807) is 24.3 Å². The Kier molecular flexibility index (Phi) is 5.99. The second kappa shape index (κ2) is 8.60. The topological polar surface area (TPSA) is 70.1 Å². The predicted octanol–water partition coefficient (Wildman–Crippen LogP) is 2.01. The molecule has 0 bridgehead atoms. The van der Waals surface area contributed by atoms with Crippen LogP contribution in [0.15, 0.2) is 60.7 Å². The third kappa shape index (κ3) is 4.68. The molecule has 3 rings (SSSR count). The van der Waals surface area contributed by atoms with Crippen molar-refractivity contribution in [1.29, 1.82) is 0 Å². The molecule has 1 saturated heterocycles. The Morgan fingerprint density at radius 1 is 1.08 bits per heavy atom. The molecule has 1 aliphatic heterocycles. The summed E-state index contributed by atoms with van der Waals surface area (Å²) in [5, 5.41) is 9.19. The van der Waals surface area contributed by atoms with Crippen LogP contribution in [0.5, 0.6) is 0 Å². The summed E-state index contributed by atoms with van der Waals surface area (Å²) in [6, 6.07) is 18.9. The lowest BCUT2D eigenvalue weighted by molar-refractivity contribution is -0.140. The van der Waals surface area contributed by atoms with Crippen LogP contribution in [0.25, 0.3) is 0 Å². The molecule has 1 N–H and O–H groups in total. The Hall–Kier alpha value is -2.70. The highest BCUT2D eigenvalue weighted by Gasteiger charge is 2.32. The minimum absolute atomic E-state index is 0.323. The number of benzene rings is 2. The fourth-order valence-corrected chi connectivity index (χ4v) is 3.05. The maximum absolute atomic E-state index is 12.9. The molecular formula is C20H22N2O4. The van der Waals surface area contributed by atoms with E-state index >= 15 is 0 Å². The first kappa shape index (κ1) is 18.1. The average Bonchev–Trinajstić information content (AvgIpc) is 2.67. The highest BCUT2D eigenvalue weighted by molar-refractivity contribution is 6.00. The largest absolute Gasteiger partial charge is 0.480 e. The van der Waals surface area contributed by atoms with Gasteiger partial charge >= 0.3 is 5.97 Å².